The normalized spacial score (nSPS) is 12.8. The topological polar surface area (TPSA) is 58.6 Å². The second kappa shape index (κ2) is 8.71. The van der Waals surface area contributed by atoms with Crippen molar-refractivity contribution in [1.82, 2.24) is 4.90 Å². The van der Waals surface area contributed by atoms with Gasteiger partial charge in [0.05, 0.1) is 31.6 Å². The summed E-state index contributed by atoms with van der Waals surface area (Å²) >= 11 is 3.11. The maximum absolute atomic E-state index is 13.4. The van der Waals surface area contributed by atoms with E-state index in [2.05, 4.69) is 5.32 Å². The van der Waals surface area contributed by atoms with Crippen molar-refractivity contribution < 1.29 is 14.3 Å². The van der Waals surface area contributed by atoms with Gasteiger partial charge in [-0.15, -0.1) is 23.1 Å². The molecule has 0 atom stereocenters. The minimum Gasteiger partial charge on any atom is -0.496 e. The molecular formula is C22H20N2O3S2. The number of amides is 2. The van der Waals surface area contributed by atoms with Crippen molar-refractivity contribution >= 4 is 40.6 Å². The van der Waals surface area contributed by atoms with Gasteiger partial charge in [0.2, 0.25) is 5.91 Å². The molecule has 0 saturated heterocycles. The summed E-state index contributed by atoms with van der Waals surface area (Å²) in [6.45, 7) is 0.936. The number of anilines is 1. The van der Waals surface area contributed by atoms with E-state index in [1.54, 1.807) is 24.5 Å². The number of nitrogens with zero attached hydrogens (tertiary/aromatic N) is 1. The highest BCUT2D eigenvalue weighted by atomic mass is 32.2. The van der Waals surface area contributed by atoms with Gasteiger partial charge in [0.25, 0.3) is 5.91 Å². The molecule has 3 aromatic rings. The van der Waals surface area contributed by atoms with E-state index in [1.165, 1.54) is 11.8 Å². The maximum Gasteiger partial charge on any atom is 0.254 e. The highest BCUT2D eigenvalue weighted by molar-refractivity contribution is 8.00. The minimum atomic E-state index is -0.0862. The molecule has 0 saturated carbocycles. The molecule has 1 N–H and O–H groups in total. The predicted octanol–water partition coefficient (Wildman–Crippen LogP) is 4.64. The van der Waals surface area contributed by atoms with E-state index >= 15 is 0 Å². The number of benzene rings is 2. The number of hydrogen-bond donors (Lipinski definition) is 1. The van der Waals surface area contributed by atoms with Crippen LogP contribution in [0, 0.1) is 0 Å². The average molecular weight is 425 g/mol. The highest BCUT2D eigenvalue weighted by Gasteiger charge is 2.22. The number of rotatable bonds is 6. The second-order valence-corrected chi connectivity index (χ2v) is 8.65. The fourth-order valence-corrected chi connectivity index (χ4v) is 4.74. The van der Waals surface area contributed by atoms with Gasteiger partial charge in [0, 0.05) is 20.9 Å². The van der Waals surface area contributed by atoms with Crippen LogP contribution in [-0.2, 0) is 17.9 Å². The molecule has 2 amide bonds. The van der Waals surface area contributed by atoms with E-state index in [0.717, 1.165) is 21.1 Å². The molecule has 0 radical (unpaired) electrons. The molecule has 0 fully saturated rings. The van der Waals surface area contributed by atoms with Crippen molar-refractivity contribution in [3.05, 3.63) is 76.0 Å². The Morgan fingerprint density at radius 3 is 2.79 bits per heavy atom. The van der Waals surface area contributed by atoms with Crippen molar-refractivity contribution in [2.24, 2.45) is 0 Å². The Labute approximate surface area is 177 Å². The van der Waals surface area contributed by atoms with Crippen LogP contribution in [0.2, 0.25) is 0 Å². The van der Waals surface area contributed by atoms with Gasteiger partial charge in [-0.25, -0.2) is 0 Å². The van der Waals surface area contributed by atoms with Crippen LogP contribution in [0.4, 0.5) is 5.69 Å². The zero-order valence-corrected chi connectivity index (χ0v) is 17.5. The van der Waals surface area contributed by atoms with Crippen LogP contribution >= 0.6 is 23.1 Å². The molecular weight excluding hydrogens is 404 g/mol. The van der Waals surface area contributed by atoms with Crippen LogP contribution < -0.4 is 10.1 Å². The van der Waals surface area contributed by atoms with E-state index in [4.69, 9.17) is 4.74 Å². The number of carbonyl (C=O) groups is 2. The van der Waals surface area contributed by atoms with Gasteiger partial charge in [-0.05, 0) is 35.7 Å². The Morgan fingerprint density at radius 2 is 2.00 bits per heavy atom. The van der Waals surface area contributed by atoms with Gasteiger partial charge in [0.1, 0.15) is 5.75 Å². The zero-order chi connectivity index (χ0) is 20.2. The average Bonchev–Trinajstić information content (AvgIpc) is 3.25. The lowest BCUT2D eigenvalue weighted by Gasteiger charge is -2.24. The Hall–Kier alpha value is -2.77. The van der Waals surface area contributed by atoms with Gasteiger partial charge in [-0.2, -0.15) is 0 Å². The first kappa shape index (κ1) is 19.5. The molecule has 29 heavy (non-hydrogen) atoms. The van der Waals surface area contributed by atoms with Crippen LogP contribution in [-0.4, -0.2) is 29.6 Å². The third-order valence-corrected chi connectivity index (χ3v) is 6.56. The Morgan fingerprint density at radius 1 is 1.14 bits per heavy atom. The van der Waals surface area contributed by atoms with Crippen molar-refractivity contribution in [3.63, 3.8) is 0 Å². The molecule has 5 nitrogen and oxygen atoms in total. The van der Waals surface area contributed by atoms with Gasteiger partial charge in [-0.3, -0.25) is 9.59 Å². The first-order valence-corrected chi connectivity index (χ1v) is 11.0. The molecule has 148 valence electrons. The quantitative estimate of drug-likeness (QED) is 0.626. The fraction of sp³-hybridized carbons (Fsp3) is 0.182. The molecule has 0 bridgehead atoms. The zero-order valence-electron chi connectivity index (χ0n) is 15.9. The number of carbonyl (C=O) groups excluding carboxylic acids is 2. The number of nitrogens with one attached hydrogen (secondary N) is 1. The minimum absolute atomic E-state index is 0.0448. The molecule has 2 heterocycles. The Kier molecular flexibility index (Phi) is 5.87. The van der Waals surface area contributed by atoms with Gasteiger partial charge < -0.3 is 15.0 Å². The molecule has 1 aliphatic rings. The monoisotopic (exact) mass is 424 g/mol. The van der Waals surface area contributed by atoms with Gasteiger partial charge >= 0.3 is 0 Å². The molecule has 7 heteroatoms. The fourth-order valence-electron chi connectivity index (χ4n) is 3.23. The number of ether oxygens (including phenoxy) is 1. The van der Waals surface area contributed by atoms with E-state index in [1.807, 2.05) is 58.8 Å². The number of para-hydroxylation sites is 1. The number of fused-ring (bicyclic) bond motifs is 1. The highest BCUT2D eigenvalue weighted by Crippen LogP contribution is 2.32. The van der Waals surface area contributed by atoms with E-state index in [-0.39, 0.29) is 11.8 Å². The Bertz CT molecular complexity index is 1030. The van der Waals surface area contributed by atoms with Crippen LogP contribution in [0.3, 0.4) is 0 Å². The number of thiophene rings is 1. The van der Waals surface area contributed by atoms with E-state index < -0.39 is 0 Å². The van der Waals surface area contributed by atoms with Gasteiger partial charge in [-0.1, -0.05) is 24.3 Å². The largest absolute Gasteiger partial charge is 0.496 e. The summed E-state index contributed by atoms with van der Waals surface area (Å²) in [6.07, 6.45) is 0. The summed E-state index contributed by atoms with van der Waals surface area (Å²) in [5, 5.41) is 4.87. The van der Waals surface area contributed by atoms with Crippen LogP contribution in [0.1, 0.15) is 20.8 Å². The van der Waals surface area contributed by atoms with Crippen LogP contribution in [0.5, 0.6) is 5.75 Å². The summed E-state index contributed by atoms with van der Waals surface area (Å²) in [7, 11) is 1.63. The molecule has 0 unspecified atom stereocenters. The first-order valence-electron chi connectivity index (χ1n) is 9.14. The maximum atomic E-state index is 13.4. The van der Waals surface area contributed by atoms with Gasteiger partial charge in [0.15, 0.2) is 0 Å². The summed E-state index contributed by atoms with van der Waals surface area (Å²) in [6, 6.07) is 17.2. The Balaban J connectivity index is 1.64. The lowest BCUT2D eigenvalue weighted by Crippen LogP contribution is -2.30. The summed E-state index contributed by atoms with van der Waals surface area (Å²) in [5.74, 6) is 1.03. The third-order valence-electron chi connectivity index (χ3n) is 4.63. The molecule has 1 aromatic heterocycles. The molecule has 2 aromatic carbocycles. The van der Waals surface area contributed by atoms with Crippen LogP contribution in [0.25, 0.3) is 0 Å². The molecule has 0 spiro atoms. The van der Waals surface area contributed by atoms with Crippen molar-refractivity contribution in [2.45, 2.75) is 18.0 Å². The first-order chi connectivity index (χ1) is 14.1. The second-order valence-electron chi connectivity index (χ2n) is 6.60. The van der Waals surface area contributed by atoms with Crippen molar-refractivity contribution in [1.29, 1.82) is 0 Å². The lowest BCUT2D eigenvalue weighted by molar-refractivity contribution is -0.113. The predicted molar refractivity (Wildman–Crippen MR) is 117 cm³/mol. The van der Waals surface area contributed by atoms with Crippen LogP contribution in [0.15, 0.2) is 64.9 Å². The summed E-state index contributed by atoms with van der Waals surface area (Å²) in [4.78, 5) is 29.0. The molecule has 0 aliphatic carbocycles. The molecule has 4 rings (SSSR count). The lowest BCUT2D eigenvalue weighted by atomic mass is 10.1. The SMILES string of the molecule is COc1ccccc1CN(Cc1cccs1)C(=O)c1ccc2c(c1)NC(=O)CS2. The third kappa shape index (κ3) is 4.46. The number of hydrogen-bond acceptors (Lipinski definition) is 5. The van der Waals surface area contributed by atoms with Crippen molar-refractivity contribution in [3.8, 4) is 5.75 Å². The van der Waals surface area contributed by atoms with E-state index in [9.17, 15) is 9.59 Å². The van der Waals surface area contributed by atoms with E-state index in [0.29, 0.717) is 30.1 Å². The standard InChI is InChI=1S/C22H20N2O3S2/c1-27-19-7-3-2-5-16(19)12-24(13-17-6-4-10-28-17)22(26)15-8-9-20-18(11-15)23-21(25)14-29-20/h2-11H,12-14H2,1H3,(H,23,25). The molecule has 1 aliphatic heterocycles. The number of methoxy groups -OCH3 is 1. The number of thioether (sulfide) groups is 1. The van der Waals surface area contributed by atoms with Crippen molar-refractivity contribution in [2.75, 3.05) is 18.2 Å². The summed E-state index contributed by atoms with van der Waals surface area (Å²) in [5.41, 5.74) is 2.20. The smallest absolute Gasteiger partial charge is 0.254 e. The summed E-state index contributed by atoms with van der Waals surface area (Å²) < 4.78 is 5.47.